The smallest absolute Gasteiger partial charge is 0.0217 e. The Morgan fingerprint density at radius 3 is 2.26 bits per heavy atom. The molecule has 1 N–H and O–H groups in total. The van der Waals surface area contributed by atoms with Gasteiger partial charge in [0.1, 0.15) is 0 Å². The van der Waals surface area contributed by atoms with Gasteiger partial charge in [-0.15, -0.1) is 0 Å². The molecule has 1 atom stereocenters. The van der Waals surface area contributed by atoms with Crippen LogP contribution in [-0.4, -0.2) is 31.6 Å². The zero-order valence-corrected chi connectivity index (χ0v) is 13.2. The van der Waals surface area contributed by atoms with Crippen molar-refractivity contribution in [2.75, 3.05) is 20.6 Å². The van der Waals surface area contributed by atoms with Gasteiger partial charge in [0.15, 0.2) is 0 Å². The van der Waals surface area contributed by atoms with E-state index in [2.05, 4.69) is 69.3 Å². The van der Waals surface area contributed by atoms with Crippen molar-refractivity contribution < 1.29 is 0 Å². The lowest BCUT2D eigenvalue weighted by Crippen LogP contribution is -2.38. The van der Waals surface area contributed by atoms with E-state index in [4.69, 9.17) is 0 Å². The first-order valence-electron chi connectivity index (χ1n) is 7.48. The lowest BCUT2D eigenvalue weighted by molar-refractivity contribution is 0.246. The van der Waals surface area contributed by atoms with Crippen LogP contribution in [0.4, 0.5) is 0 Å². The second-order valence-electron chi connectivity index (χ2n) is 6.00. The maximum absolute atomic E-state index is 3.62. The van der Waals surface area contributed by atoms with Gasteiger partial charge in [0.25, 0.3) is 0 Å². The van der Waals surface area contributed by atoms with Gasteiger partial charge >= 0.3 is 0 Å². The summed E-state index contributed by atoms with van der Waals surface area (Å²) in [6.45, 7) is 8.85. The van der Waals surface area contributed by atoms with Crippen molar-refractivity contribution >= 4 is 0 Å². The summed E-state index contributed by atoms with van der Waals surface area (Å²) in [7, 11) is 4.35. The van der Waals surface area contributed by atoms with Crippen LogP contribution in [0.25, 0.3) is 0 Å². The Morgan fingerprint density at radius 1 is 1.11 bits per heavy atom. The van der Waals surface area contributed by atoms with Gasteiger partial charge in [0.2, 0.25) is 0 Å². The minimum absolute atomic E-state index is 0.619. The fourth-order valence-electron chi connectivity index (χ4n) is 2.47. The molecule has 1 aromatic rings. The number of hydrogen-bond acceptors (Lipinski definition) is 2. The molecule has 0 spiro atoms. The van der Waals surface area contributed by atoms with Gasteiger partial charge in [-0.25, -0.2) is 0 Å². The molecule has 0 aliphatic rings. The second kappa shape index (κ2) is 8.34. The number of rotatable bonds is 8. The Kier molecular flexibility index (Phi) is 7.11. The Bertz CT molecular complexity index is 358. The van der Waals surface area contributed by atoms with Crippen molar-refractivity contribution in [3.8, 4) is 0 Å². The number of nitrogens with one attached hydrogen (secondary N) is 1. The first-order valence-corrected chi connectivity index (χ1v) is 7.48. The number of likely N-dealkylation sites (N-methyl/N-ethyl adjacent to an activating group) is 1. The molecule has 0 aliphatic carbocycles. The minimum Gasteiger partial charge on any atom is -0.311 e. The van der Waals surface area contributed by atoms with E-state index < -0.39 is 0 Å². The van der Waals surface area contributed by atoms with Crippen LogP contribution in [0, 0.1) is 5.92 Å². The van der Waals surface area contributed by atoms with Crippen molar-refractivity contribution in [2.45, 2.75) is 46.2 Å². The normalized spacial score (nSPS) is 13.2. The van der Waals surface area contributed by atoms with Crippen LogP contribution < -0.4 is 5.32 Å². The van der Waals surface area contributed by atoms with Crippen LogP contribution in [0.15, 0.2) is 24.3 Å². The molecule has 0 amide bonds. The lowest BCUT2D eigenvalue weighted by Gasteiger charge is -2.26. The van der Waals surface area contributed by atoms with Gasteiger partial charge in [-0.3, -0.25) is 0 Å². The van der Waals surface area contributed by atoms with Crippen molar-refractivity contribution in [1.82, 2.24) is 10.2 Å². The highest BCUT2D eigenvalue weighted by Crippen LogP contribution is 2.11. The van der Waals surface area contributed by atoms with E-state index in [1.807, 2.05) is 0 Å². The standard InChI is InChI=1S/C17H30N2/c1-6-15-9-7-8-10-16(15)12-18-13-17(19(4)5)11-14(2)3/h7-10,14,17-18H,6,11-13H2,1-5H3. The third-order valence-electron chi connectivity index (χ3n) is 3.67. The number of hydrogen-bond donors (Lipinski definition) is 1. The average Bonchev–Trinajstić information content (AvgIpc) is 2.37. The Labute approximate surface area is 119 Å². The van der Waals surface area contributed by atoms with Crippen LogP contribution in [0.5, 0.6) is 0 Å². The van der Waals surface area contributed by atoms with E-state index in [0.29, 0.717) is 6.04 Å². The number of aryl methyl sites for hydroxylation is 1. The van der Waals surface area contributed by atoms with Crippen LogP contribution in [0.2, 0.25) is 0 Å². The van der Waals surface area contributed by atoms with Crippen molar-refractivity contribution in [3.63, 3.8) is 0 Å². The van der Waals surface area contributed by atoms with E-state index >= 15 is 0 Å². The molecule has 0 aromatic heterocycles. The van der Waals surface area contributed by atoms with Crippen molar-refractivity contribution in [2.24, 2.45) is 5.92 Å². The molecular formula is C17H30N2. The zero-order chi connectivity index (χ0) is 14.3. The summed E-state index contributed by atoms with van der Waals surface area (Å²) >= 11 is 0. The predicted molar refractivity (Wildman–Crippen MR) is 84.5 cm³/mol. The number of nitrogens with zero attached hydrogens (tertiary/aromatic N) is 1. The summed E-state index contributed by atoms with van der Waals surface area (Å²) in [5, 5.41) is 3.62. The molecular weight excluding hydrogens is 232 g/mol. The molecule has 1 rings (SSSR count). The van der Waals surface area contributed by atoms with Crippen molar-refractivity contribution in [3.05, 3.63) is 35.4 Å². The molecule has 2 heteroatoms. The van der Waals surface area contributed by atoms with Crippen LogP contribution in [-0.2, 0) is 13.0 Å². The van der Waals surface area contributed by atoms with Gasteiger partial charge in [0, 0.05) is 19.1 Å². The minimum atomic E-state index is 0.619. The van der Waals surface area contributed by atoms with Gasteiger partial charge in [0.05, 0.1) is 0 Å². The van der Waals surface area contributed by atoms with E-state index in [1.54, 1.807) is 0 Å². The number of benzene rings is 1. The molecule has 0 saturated carbocycles. The van der Waals surface area contributed by atoms with E-state index in [1.165, 1.54) is 17.5 Å². The largest absolute Gasteiger partial charge is 0.311 e. The third kappa shape index (κ3) is 5.75. The molecule has 1 unspecified atom stereocenters. The molecule has 19 heavy (non-hydrogen) atoms. The molecule has 0 fully saturated rings. The van der Waals surface area contributed by atoms with E-state index in [9.17, 15) is 0 Å². The molecule has 0 aliphatic heterocycles. The molecule has 0 bridgehead atoms. The van der Waals surface area contributed by atoms with Gasteiger partial charge in [-0.1, -0.05) is 45.0 Å². The summed E-state index contributed by atoms with van der Waals surface area (Å²) < 4.78 is 0. The maximum atomic E-state index is 3.62. The zero-order valence-electron chi connectivity index (χ0n) is 13.2. The first kappa shape index (κ1) is 16.2. The fourth-order valence-corrected chi connectivity index (χ4v) is 2.47. The topological polar surface area (TPSA) is 15.3 Å². The van der Waals surface area contributed by atoms with Gasteiger partial charge < -0.3 is 10.2 Å². The highest BCUT2D eigenvalue weighted by atomic mass is 15.1. The highest BCUT2D eigenvalue weighted by Gasteiger charge is 2.12. The summed E-state index contributed by atoms with van der Waals surface area (Å²) in [5.41, 5.74) is 2.90. The molecule has 0 heterocycles. The quantitative estimate of drug-likeness (QED) is 0.773. The lowest BCUT2D eigenvalue weighted by atomic mass is 10.0. The Hall–Kier alpha value is -0.860. The summed E-state index contributed by atoms with van der Waals surface area (Å²) in [4.78, 5) is 2.33. The van der Waals surface area contributed by atoms with Gasteiger partial charge in [-0.05, 0) is 44.0 Å². The first-order chi connectivity index (χ1) is 9.04. The SMILES string of the molecule is CCc1ccccc1CNCC(CC(C)C)N(C)C. The van der Waals surface area contributed by atoms with Crippen molar-refractivity contribution in [1.29, 1.82) is 0 Å². The molecule has 0 saturated heterocycles. The summed E-state index contributed by atoms with van der Waals surface area (Å²) in [6.07, 6.45) is 2.36. The van der Waals surface area contributed by atoms with E-state index in [-0.39, 0.29) is 0 Å². The highest BCUT2D eigenvalue weighted by molar-refractivity contribution is 5.26. The molecule has 1 aromatic carbocycles. The molecule has 2 nitrogen and oxygen atoms in total. The monoisotopic (exact) mass is 262 g/mol. The predicted octanol–water partition coefficient (Wildman–Crippen LogP) is 3.31. The van der Waals surface area contributed by atoms with Crippen LogP contribution in [0.3, 0.4) is 0 Å². The van der Waals surface area contributed by atoms with Gasteiger partial charge in [-0.2, -0.15) is 0 Å². The summed E-state index contributed by atoms with van der Waals surface area (Å²) in [6, 6.07) is 9.35. The Balaban J connectivity index is 2.47. The fraction of sp³-hybridized carbons (Fsp3) is 0.647. The molecule has 108 valence electrons. The maximum Gasteiger partial charge on any atom is 0.0217 e. The molecule has 0 radical (unpaired) electrons. The Morgan fingerprint density at radius 2 is 1.74 bits per heavy atom. The van der Waals surface area contributed by atoms with E-state index in [0.717, 1.165) is 25.4 Å². The third-order valence-corrected chi connectivity index (χ3v) is 3.67. The summed E-state index contributed by atoms with van der Waals surface area (Å²) in [5.74, 6) is 0.747. The van der Waals surface area contributed by atoms with Crippen LogP contribution in [0.1, 0.15) is 38.3 Å². The van der Waals surface area contributed by atoms with Crippen LogP contribution >= 0.6 is 0 Å². The average molecular weight is 262 g/mol. The second-order valence-corrected chi connectivity index (χ2v) is 6.00.